The van der Waals surface area contributed by atoms with Crippen molar-refractivity contribution >= 4 is 11.9 Å². The van der Waals surface area contributed by atoms with Gasteiger partial charge in [0, 0.05) is 18.5 Å². The number of alkyl halides is 4. The first kappa shape index (κ1) is 27.1. The van der Waals surface area contributed by atoms with Crippen molar-refractivity contribution < 1.29 is 41.4 Å². The minimum absolute atomic E-state index is 0.201. The van der Waals surface area contributed by atoms with E-state index >= 15 is 0 Å². The van der Waals surface area contributed by atoms with Crippen molar-refractivity contribution in [2.45, 2.75) is 57.9 Å². The molecule has 1 amide bonds. The van der Waals surface area contributed by atoms with Gasteiger partial charge in [-0.25, -0.2) is 13.6 Å². The number of carbonyl (C=O) groups is 2. The zero-order valence-corrected chi connectivity index (χ0v) is 18.8. The highest BCUT2D eigenvalue weighted by atomic mass is 19.4. The second-order valence-electron chi connectivity index (χ2n) is 7.82. The number of carboxylic acid groups (broad SMARTS) is 1. The molecule has 2 aromatic rings. The van der Waals surface area contributed by atoms with Gasteiger partial charge in [0.05, 0.1) is 17.7 Å². The zero-order valence-electron chi connectivity index (χ0n) is 18.8. The summed E-state index contributed by atoms with van der Waals surface area (Å²) in [4.78, 5) is 23.7. The van der Waals surface area contributed by atoms with Crippen molar-refractivity contribution in [2.75, 3.05) is 6.61 Å². The van der Waals surface area contributed by atoms with Crippen LogP contribution in [0.25, 0.3) is 0 Å². The summed E-state index contributed by atoms with van der Waals surface area (Å²) in [6.07, 6.45) is -3.82. The van der Waals surface area contributed by atoms with Gasteiger partial charge in [-0.3, -0.25) is 4.79 Å². The summed E-state index contributed by atoms with van der Waals surface area (Å²) in [5.41, 5.74) is -3.53. The maximum atomic E-state index is 14.7. The molecule has 0 aliphatic heterocycles. The van der Waals surface area contributed by atoms with Crippen LogP contribution >= 0.6 is 0 Å². The van der Waals surface area contributed by atoms with Gasteiger partial charge in [0.1, 0.15) is 11.6 Å². The molecule has 0 bridgehead atoms. The molecule has 0 fully saturated rings. The second-order valence-corrected chi connectivity index (χ2v) is 7.82. The van der Waals surface area contributed by atoms with E-state index in [2.05, 4.69) is 5.32 Å². The molecule has 1 atom stereocenters. The number of unbranched alkanes of at least 4 members (excludes halogenated alkanes) is 1. The van der Waals surface area contributed by atoms with Gasteiger partial charge in [0.25, 0.3) is 5.91 Å². The van der Waals surface area contributed by atoms with Gasteiger partial charge >= 0.3 is 12.1 Å². The summed E-state index contributed by atoms with van der Waals surface area (Å²) in [6.45, 7) is 3.54. The first-order chi connectivity index (χ1) is 15.9. The summed E-state index contributed by atoms with van der Waals surface area (Å²) in [7, 11) is 0. The lowest BCUT2D eigenvalue weighted by Crippen LogP contribution is -2.35. The van der Waals surface area contributed by atoms with E-state index in [0.29, 0.717) is 29.5 Å². The monoisotopic (exact) mass is 487 g/mol. The van der Waals surface area contributed by atoms with Crippen molar-refractivity contribution in [3.8, 4) is 5.75 Å². The predicted octanol–water partition coefficient (Wildman–Crippen LogP) is 5.70. The summed E-state index contributed by atoms with van der Waals surface area (Å²) >= 11 is 0. The van der Waals surface area contributed by atoms with Crippen molar-refractivity contribution in [2.24, 2.45) is 0 Å². The molecule has 10 heteroatoms. The third-order valence-electron chi connectivity index (χ3n) is 5.29. The van der Waals surface area contributed by atoms with E-state index in [9.17, 15) is 36.6 Å². The molecule has 0 spiro atoms. The molecule has 2 rings (SSSR count). The highest BCUT2D eigenvalue weighted by Gasteiger charge is 2.37. The highest BCUT2D eigenvalue weighted by Crippen LogP contribution is 2.30. The first-order valence-electron chi connectivity index (χ1n) is 10.7. The summed E-state index contributed by atoms with van der Waals surface area (Å²) < 4.78 is 72.7. The maximum Gasteiger partial charge on any atom is 0.416 e. The van der Waals surface area contributed by atoms with E-state index in [4.69, 9.17) is 4.74 Å². The molecule has 5 nitrogen and oxygen atoms in total. The zero-order chi connectivity index (χ0) is 25.5. The second kappa shape index (κ2) is 11.3. The average Bonchev–Trinajstić information content (AvgIpc) is 2.77. The fourth-order valence-corrected chi connectivity index (χ4v) is 3.17. The molecule has 0 aromatic heterocycles. The van der Waals surface area contributed by atoms with Gasteiger partial charge < -0.3 is 15.2 Å². The molecule has 2 N–H and O–H groups in total. The molecule has 0 saturated heterocycles. The number of aliphatic carboxylic acids is 1. The third kappa shape index (κ3) is 6.91. The summed E-state index contributed by atoms with van der Waals surface area (Å²) in [5, 5.41) is 11.6. The van der Waals surface area contributed by atoms with Crippen LogP contribution in [-0.2, 0) is 23.9 Å². The Balaban J connectivity index is 2.25. The molecule has 0 unspecified atom stereocenters. The molecular weight excluding hydrogens is 461 g/mol. The van der Waals surface area contributed by atoms with E-state index < -0.39 is 47.1 Å². The van der Waals surface area contributed by atoms with Gasteiger partial charge in [-0.2, -0.15) is 13.2 Å². The SMILES string of the molecule is CCCCOc1ccc(C[C@@](F)(CC)C(=O)O)cc1CNC(=O)c1ccc(C(F)(F)F)cc1F. The standard InChI is InChI=1S/C24H26F5NO4/c1-3-5-10-34-20-9-6-15(13-23(26,4-2)22(32)33)11-16(20)14-30-21(31)18-8-7-17(12-19(18)25)24(27,28)29/h6-9,11-12H,3-5,10,13-14H2,1-2H3,(H,30,31)(H,32,33)/t23-/m0/s1. The lowest BCUT2D eigenvalue weighted by molar-refractivity contribution is -0.151. The van der Waals surface area contributed by atoms with E-state index in [1.807, 2.05) is 6.92 Å². The topological polar surface area (TPSA) is 75.6 Å². The number of nitrogens with one attached hydrogen (secondary N) is 1. The van der Waals surface area contributed by atoms with Crippen LogP contribution in [0.15, 0.2) is 36.4 Å². The molecular formula is C24H26F5NO4. The number of hydrogen-bond donors (Lipinski definition) is 2. The fraction of sp³-hybridized carbons (Fsp3) is 0.417. The van der Waals surface area contributed by atoms with Gasteiger partial charge in [-0.1, -0.05) is 32.4 Å². The van der Waals surface area contributed by atoms with Crippen molar-refractivity contribution in [1.82, 2.24) is 5.32 Å². The number of ether oxygens (including phenoxy) is 1. The quantitative estimate of drug-likeness (QED) is 0.315. The Labute approximate surface area is 193 Å². The molecule has 0 radical (unpaired) electrons. The van der Waals surface area contributed by atoms with Gasteiger partial charge in [0.2, 0.25) is 5.67 Å². The van der Waals surface area contributed by atoms with E-state index in [1.54, 1.807) is 0 Å². The summed E-state index contributed by atoms with van der Waals surface area (Å²) in [6, 6.07) is 6.13. The Bertz CT molecular complexity index is 1020. The molecule has 186 valence electrons. The third-order valence-corrected chi connectivity index (χ3v) is 5.29. The Kier molecular flexibility index (Phi) is 9.00. The molecule has 0 saturated carbocycles. The van der Waals surface area contributed by atoms with Crippen LogP contribution in [0.4, 0.5) is 22.0 Å². The van der Waals surface area contributed by atoms with Crippen LogP contribution in [0.1, 0.15) is 60.2 Å². The normalized spacial score (nSPS) is 13.3. The van der Waals surface area contributed by atoms with Crippen LogP contribution in [0.3, 0.4) is 0 Å². The molecule has 34 heavy (non-hydrogen) atoms. The Morgan fingerprint density at radius 3 is 2.32 bits per heavy atom. The lowest BCUT2D eigenvalue weighted by Gasteiger charge is -2.20. The van der Waals surface area contributed by atoms with Crippen molar-refractivity contribution in [1.29, 1.82) is 0 Å². The Morgan fingerprint density at radius 1 is 1.06 bits per heavy atom. The maximum absolute atomic E-state index is 14.7. The molecule has 0 aliphatic rings. The fourth-order valence-electron chi connectivity index (χ4n) is 3.17. The van der Waals surface area contributed by atoms with Gasteiger partial charge in [-0.15, -0.1) is 0 Å². The van der Waals surface area contributed by atoms with E-state index in [-0.39, 0.29) is 19.0 Å². The Morgan fingerprint density at radius 2 is 1.76 bits per heavy atom. The summed E-state index contributed by atoms with van der Waals surface area (Å²) in [5.74, 6) is -3.50. The van der Waals surface area contributed by atoms with Gasteiger partial charge in [0.15, 0.2) is 0 Å². The number of amides is 1. The van der Waals surface area contributed by atoms with Crippen molar-refractivity contribution in [3.05, 3.63) is 64.5 Å². The number of halogens is 5. The highest BCUT2D eigenvalue weighted by molar-refractivity contribution is 5.94. The number of carbonyl (C=O) groups excluding carboxylic acids is 1. The average molecular weight is 487 g/mol. The van der Waals surface area contributed by atoms with E-state index in [0.717, 1.165) is 18.9 Å². The van der Waals surface area contributed by atoms with Crippen molar-refractivity contribution in [3.63, 3.8) is 0 Å². The van der Waals surface area contributed by atoms with E-state index in [1.165, 1.54) is 25.1 Å². The molecule has 2 aromatic carbocycles. The van der Waals surface area contributed by atoms with Crippen LogP contribution in [-0.4, -0.2) is 29.3 Å². The van der Waals surface area contributed by atoms with Gasteiger partial charge in [-0.05, 0) is 42.7 Å². The number of hydrogen-bond acceptors (Lipinski definition) is 3. The van der Waals surface area contributed by atoms with Crippen LogP contribution in [0.5, 0.6) is 5.75 Å². The van der Waals surface area contributed by atoms with Crippen LogP contribution in [0, 0.1) is 5.82 Å². The molecule has 0 aliphatic carbocycles. The Hall–Kier alpha value is -3.17. The smallest absolute Gasteiger partial charge is 0.416 e. The number of benzene rings is 2. The van der Waals surface area contributed by atoms with Crippen LogP contribution < -0.4 is 10.1 Å². The number of carboxylic acids is 1. The predicted molar refractivity (Wildman–Crippen MR) is 115 cm³/mol. The minimum atomic E-state index is -4.75. The van der Waals surface area contributed by atoms with Crippen LogP contribution in [0.2, 0.25) is 0 Å². The first-order valence-corrected chi connectivity index (χ1v) is 10.7. The molecule has 0 heterocycles. The number of rotatable bonds is 11. The lowest BCUT2D eigenvalue weighted by atomic mass is 9.93. The minimum Gasteiger partial charge on any atom is -0.493 e. The largest absolute Gasteiger partial charge is 0.493 e.